The van der Waals surface area contributed by atoms with E-state index in [4.69, 9.17) is 0 Å². The highest BCUT2D eigenvalue weighted by molar-refractivity contribution is 8.01. The van der Waals surface area contributed by atoms with Crippen molar-refractivity contribution in [1.82, 2.24) is 10.3 Å². The molecule has 3 nitrogen and oxygen atoms in total. The largest absolute Gasteiger partial charge is 0.353 e. The van der Waals surface area contributed by atoms with E-state index in [1.54, 1.807) is 23.1 Å². The molecular weight excluding hydrogens is 324 g/mol. The van der Waals surface area contributed by atoms with E-state index in [1.165, 1.54) is 30.4 Å². The number of carbonyl (C=O) groups excluding carboxylic acids is 1. The van der Waals surface area contributed by atoms with Crippen LogP contribution in [0.4, 0.5) is 0 Å². The first-order valence-corrected chi connectivity index (χ1v) is 10.3. The Hall–Kier alpha value is -1.07. The van der Waals surface area contributed by atoms with Gasteiger partial charge in [0.15, 0.2) is 4.34 Å². The fourth-order valence-corrected chi connectivity index (χ4v) is 6.23. The Morgan fingerprint density at radius 3 is 3.00 bits per heavy atom. The summed E-state index contributed by atoms with van der Waals surface area (Å²) in [4.78, 5) is 16.8. The fourth-order valence-electron chi connectivity index (χ4n) is 4.35. The lowest BCUT2D eigenvalue weighted by molar-refractivity contribution is -0.119. The van der Waals surface area contributed by atoms with Crippen molar-refractivity contribution in [2.24, 2.45) is 17.8 Å². The molecule has 0 unspecified atom stereocenters. The number of benzene rings is 1. The number of thioether (sulfide) groups is 1. The molecule has 2 fully saturated rings. The van der Waals surface area contributed by atoms with Gasteiger partial charge >= 0.3 is 0 Å². The number of hydrogen-bond donors (Lipinski definition) is 1. The number of nitrogens with one attached hydrogen (secondary N) is 1. The summed E-state index contributed by atoms with van der Waals surface area (Å²) in [7, 11) is 0. The van der Waals surface area contributed by atoms with Gasteiger partial charge in [-0.2, -0.15) is 0 Å². The van der Waals surface area contributed by atoms with Crippen molar-refractivity contribution >= 4 is 39.2 Å². The Bertz CT molecular complexity index is 681. The number of para-hydroxylation sites is 1. The summed E-state index contributed by atoms with van der Waals surface area (Å²) in [6.07, 6.45) is 5.49. The van der Waals surface area contributed by atoms with Crippen LogP contribution in [0.3, 0.4) is 0 Å². The summed E-state index contributed by atoms with van der Waals surface area (Å²) in [6.45, 7) is 2.19. The maximum Gasteiger partial charge on any atom is 0.230 e. The number of rotatable bonds is 5. The van der Waals surface area contributed by atoms with Crippen LogP contribution < -0.4 is 5.32 Å². The van der Waals surface area contributed by atoms with Crippen molar-refractivity contribution in [2.75, 3.05) is 5.75 Å². The van der Waals surface area contributed by atoms with E-state index in [0.29, 0.717) is 17.7 Å². The van der Waals surface area contributed by atoms with Gasteiger partial charge in [-0.1, -0.05) is 30.3 Å². The molecular formula is C18H22N2OS2. The minimum atomic E-state index is 0.143. The van der Waals surface area contributed by atoms with Crippen molar-refractivity contribution in [3.63, 3.8) is 0 Å². The molecule has 23 heavy (non-hydrogen) atoms. The molecule has 5 heteroatoms. The molecule has 0 radical (unpaired) electrons. The predicted molar refractivity (Wildman–Crippen MR) is 96.9 cm³/mol. The van der Waals surface area contributed by atoms with Crippen LogP contribution in [-0.4, -0.2) is 22.7 Å². The zero-order chi connectivity index (χ0) is 15.8. The molecule has 1 aromatic heterocycles. The lowest BCUT2D eigenvalue weighted by atomic mass is 9.84. The first-order valence-electron chi connectivity index (χ1n) is 8.47. The van der Waals surface area contributed by atoms with E-state index < -0.39 is 0 Å². The van der Waals surface area contributed by atoms with Crippen LogP contribution in [0.25, 0.3) is 10.2 Å². The number of hydrogen-bond acceptors (Lipinski definition) is 4. The quantitative estimate of drug-likeness (QED) is 0.819. The Morgan fingerprint density at radius 2 is 2.26 bits per heavy atom. The average molecular weight is 347 g/mol. The van der Waals surface area contributed by atoms with Gasteiger partial charge in [-0.15, -0.1) is 11.3 Å². The second-order valence-electron chi connectivity index (χ2n) is 6.93. The lowest BCUT2D eigenvalue weighted by Crippen LogP contribution is -2.40. The number of carbonyl (C=O) groups is 1. The topological polar surface area (TPSA) is 42.0 Å². The number of nitrogens with zero attached hydrogens (tertiary/aromatic N) is 1. The molecule has 4 atom stereocenters. The van der Waals surface area contributed by atoms with Crippen molar-refractivity contribution in [3.05, 3.63) is 24.3 Å². The van der Waals surface area contributed by atoms with E-state index in [9.17, 15) is 4.79 Å². The minimum Gasteiger partial charge on any atom is -0.353 e. The predicted octanol–water partition coefficient (Wildman–Crippen LogP) is 4.33. The van der Waals surface area contributed by atoms with Crippen LogP contribution in [-0.2, 0) is 4.79 Å². The second kappa shape index (κ2) is 6.44. The average Bonchev–Trinajstić information content (AvgIpc) is 3.26. The molecule has 4 rings (SSSR count). The van der Waals surface area contributed by atoms with Crippen LogP contribution in [0.15, 0.2) is 28.6 Å². The van der Waals surface area contributed by atoms with Gasteiger partial charge in [-0.05, 0) is 56.1 Å². The minimum absolute atomic E-state index is 0.143. The van der Waals surface area contributed by atoms with Crippen LogP contribution in [0, 0.1) is 17.8 Å². The Labute approximate surface area is 145 Å². The number of amides is 1. The van der Waals surface area contributed by atoms with Crippen LogP contribution in [0.1, 0.15) is 32.6 Å². The summed E-state index contributed by atoms with van der Waals surface area (Å²) in [5.41, 5.74) is 1.02. The maximum absolute atomic E-state index is 12.2. The zero-order valence-corrected chi connectivity index (χ0v) is 15.0. The first kappa shape index (κ1) is 15.5. The number of aromatic nitrogens is 1. The summed E-state index contributed by atoms with van der Waals surface area (Å²) in [5.74, 6) is 3.09. The molecule has 1 aromatic carbocycles. The Morgan fingerprint density at radius 1 is 1.39 bits per heavy atom. The highest BCUT2D eigenvalue weighted by Crippen LogP contribution is 2.49. The van der Waals surface area contributed by atoms with Gasteiger partial charge < -0.3 is 5.32 Å². The molecule has 2 saturated carbocycles. The van der Waals surface area contributed by atoms with E-state index in [0.717, 1.165) is 21.7 Å². The van der Waals surface area contributed by atoms with E-state index in [2.05, 4.69) is 23.3 Å². The molecule has 2 aliphatic rings. The molecule has 2 bridgehead atoms. The third-order valence-electron chi connectivity index (χ3n) is 5.42. The van der Waals surface area contributed by atoms with Crippen molar-refractivity contribution < 1.29 is 4.79 Å². The van der Waals surface area contributed by atoms with E-state index in [-0.39, 0.29) is 5.91 Å². The van der Waals surface area contributed by atoms with Crippen LogP contribution in [0.2, 0.25) is 0 Å². The lowest BCUT2D eigenvalue weighted by Gasteiger charge is -2.28. The molecule has 1 heterocycles. The Balaban J connectivity index is 1.30. The molecule has 2 aliphatic carbocycles. The summed E-state index contributed by atoms with van der Waals surface area (Å²) < 4.78 is 2.17. The number of thiazole rings is 1. The molecule has 1 N–H and O–H groups in total. The standard InChI is InChI=1S/C18H22N2OS2/c1-11(14-9-12-6-7-13(14)8-12)19-17(21)10-22-18-20-15-4-2-3-5-16(15)23-18/h2-5,11-14H,6-10H2,1H3,(H,19,21)/t11-,12-,13-,14-/m0/s1. The van der Waals surface area contributed by atoms with Crippen LogP contribution >= 0.6 is 23.1 Å². The first-order chi connectivity index (χ1) is 11.2. The van der Waals surface area contributed by atoms with Crippen molar-refractivity contribution in [3.8, 4) is 0 Å². The third kappa shape index (κ3) is 3.26. The molecule has 0 saturated heterocycles. The smallest absolute Gasteiger partial charge is 0.230 e. The summed E-state index contributed by atoms with van der Waals surface area (Å²) in [5, 5.41) is 3.23. The summed E-state index contributed by atoms with van der Waals surface area (Å²) >= 11 is 3.21. The van der Waals surface area contributed by atoms with Gasteiger partial charge in [-0.3, -0.25) is 4.79 Å². The highest BCUT2D eigenvalue weighted by Gasteiger charge is 2.42. The SMILES string of the molecule is C[C@H](NC(=O)CSc1nc2ccccc2s1)[C@@H]1C[C@H]2CC[C@H]1C2. The molecule has 1 amide bonds. The zero-order valence-electron chi connectivity index (χ0n) is 13.3. The molecule has 0 spiro atoms. The maximum atomic E-state index is 12.2. The Kier molecular flexibility index (Phi) is 4.33. The van der Waals surface area contributed by atoms with Gasteiger partial charge in [-0.25, -0.2) is 4.98 Å². The van der Waals surface area contributed by atoms with Crippen molar-refractivity contribution in [1.29, 1.82) is 0 Å². The molecule has 122 valence electrons. The van der Waals surface area contributed by atoms with Gasteiger partial charge in [0.2, 0.25) is 5.91 Å². The van der Waals surface area contributed by atoms with E-state index in [1.807, 2.05) is 18.2 Å². The molecule has 2 aromatic rings. The third-order valence-corrected chi connectivity index (χ3v) is 7.60. The van der Waals surface area contributed by atoms with Gasteiger partial charge in [0.1, 0.15) is 0 Å². The summed E-state index contributed by atoms with van der Waals surface area (Å²) in [6, 6.07) is 8.44. The monoisotopic (exact) mass is 346 g/mol. The highest BCUT2D eigenvalue weighted by atomic mass is 32.2. The van der Waals surface area contributed by atoms with E-state index >= 15 is 0 Å². The fraction of sp³-hybridized carbons (Fsp3) is 0.556. The van der Waals surface area contributed by atoms with Crippen LogP contribution in [0.5, 0.6) is 0 Å². The van der Waals surface area contributed by atoms with Gasteiger partial charge in [0, 0.05) is 6.04 Å². The second-order valence-corrected chi connectivity index (χ2v) is 9.18. The van der Waals surface area contributed by atoms with Crippen molar-refractivity contribution in [2.45, 2.75) is 43.0 Å². The molecule has 0 aliphatic heterocycles. The normalized spacial score (nSPS) is 27.4. The van der Waals surface area contributed by atoms with Gasteiger partial charge in [0.05, 0.1) is 16.0 Å². The van der Waals surface area contributed by atoms with Gasteiger partial charge in [0.25, 0.3) is 0 Å². The number of fused-ring (bicyclic) bond motifs is 3.